The lowest BCUT2D eigenvalue weighted by atomic mass is 10.0. The molecule has 8 rings (SSSR count). The zero-order valence-electron chi connectivity index (χ0n) is 26.7. The monoisotopic (exact) mass is 745 g/mol. The molecule has 49 heavy (non-hydrogen) atoms. The second-order valence-corrected chi connectivity index (χ2v) is 13.1. The van der Waals surface area contributed by atoms with Gasteiger partial charge in [-0.2, -0.15) is 0 Å². The number of halogens is 3. The van der Waals surface area contributed by atoms with Gasteiger partial charge in [0.25, 0.3) is 0 Å². The Morgan fingerprint density at radius 2 is 1.20 bits per heavy atom. The maximum absolute atomic E-state index is 6.52. The maximum Gasteiger partial charge on any atom is 0.165 e. The number of para-hydroxylation sites is 2. The Bertz CT molecular complexity index is 2500. The molecule has 0 aliphatic rings. The van der Waals surface area contributed by atoms with Gasteiger partial charge in [-0.15, -0.1) is 0 Å². The molecule has 0 saturated carbocycles. The van der Waals surface area contributed by atoms with Gasteiger partial charge in [0.05, 0.1) is 35.3 Å². The smallest absolute Gasteiger partial charge is 0.165 e. The molecule has 2 N–H and O–H groups in total. The molecule has 4 heterocycles. The van der Waals surface area contributed by atoms with E-state index in [9.17, 15) is 0 Å². The number of benzene rings is 4. The average molecular weight is 748 g/mol. The van der Waals surface area contributed by atoms with Crippen LogP contribution < -0.4 is 5.73 Å². The van der Waals surface area contributed by atoms with Gasteiger partial charge in [0.1, 0.15) is 11.8 Å². The van der Waals surface area contributed by atoms with Crippen molar-refractivity contribution in [2.75, 3.05) is 5.73 Å². The number of aryl methyl sites for hydroxylation is 2. The highest BCUT2D eigenvalue weighted by atomic mass is 79.9. The van der Waals surface area contributed by atoms with Gasteiger partial charge in [0, 0.05) is 37.3 Å². The zero-order chi connectivity index (χ0) is 34.1. The van der Waals surface area contributed by atoms with Crippen molar-refractivity contribution in [2.24, 2.45) is 0 Å². The topological polar surface area (TPSA) is 95.4 Å². The Morgan fingerprint density at radius 1 is 0.653 bits per heavy atom. The zero-order valence-corrected chi connectivity index (χ0v) is 29.8. The number of pyridine rings is 2. The van der Waals surface area contributed by atoms with E-state index in [-0.39, 0.29) is 0 Å². The molecular formula is C39H30BrCl2N7. The number of rotatable bonds is 5. The molecule has 242 valence electrons. The molecule has 0 fully saturated rings. The minimum Gasteiger partial charge on any atom is -0.382 e. The number of anilines is 1. The third-order valence-electron chi connectivity index (χ3n) is 8.43. The standard InChI is InChI=1S/C22H17ClN6.C17H13BrClN/c1-13-5-4-6-14-9-15(10-29-12-27-20-21(24)25-11-26-22(20)29)19(28-18(13)14)16-7-2-3-8-17(16)23;1-11-5-4-6-12-9-13(10-18)17(20-16(11)12)14-7-2-3-8-15(14)19/h2-9,11-12H,10H2,1H3,(H2,24,25,26);2-9H,10H2,1H3. The van der Waals surface area contributed by atoms with Crippen LogP contribution in [-0.4, -0.2) is 29.5 Å². The van der Waals surface area contributed by atoms with Gasteiger partial charge in [-0.3, -0.25) is 0 Å². The van der Waals surface area contributed by atoms with Gasteiger partial charge in [-0.1, -0.05) is 112 Å². The molecule has 0 aliphatic heterocycles. The molecule has 0 radical (unpaired) electrons. The second kappa shape index (κ2) is 13.9. The van der Waals surface area contributed by atoms with E-state index in [0.29, 0.717) is 28.5 Å². The first-order valence-corrected chi connectivity index (χ1v) is 17.5. The van der Waals surface area contributed by atoms with Crippen molar-refractivity contribution in [1.82, 2.24) is 29.5 Å². The quantitative estimate of drug-likeness (QED) is 0.176. The number of nitrogens with zero attached hydrogens (tertiary/aromatic N) is 6. The molecule has 0 saturated heterocycles. The van der Waals surface area contributed by atoms with Crippen LogP contribution in [0.4, 0.5) is 5.82 Å². The summed E-state index contributed by atoms with van der Waals surface area (Å²) in [5, 5.41) is 4.39. The average Bonchev–Trinajstić information content (AvgIpc) is 3.52. The molecule has 0 atom stereocenters. The Labute approximate surface area is 302 Å². The van der Waals surface area contributed by atoms with Crippen LogP contribution in [0.1, 0.15) is 22.3 Å². The van der Waals surface area contributed by atoms with E-state index < -0.39 is 0 Å². The summed E-state index contributed by atoms with van der Waals surface area (Å²) in [4.78, 5) is 22.6. The van der Waals surface area contributed by atoms with Crippen LogP contribution >= 0.6 is 39.1 Å². The first-order valence-electron chi connectivity index (χ1n) is 15.6. The Morgan fingerprint density at radius 3 is 1.78 bits per heavy atom. The number of fused-ring (bicyclic) bond motifs is 3. The molecule has 10 heteroatoms. The molecular weight excluding hydrogens is 717 g/mol. The van der Waals surface area contributed by atoms with Gasteiger partial charge in [-0.25, -0.2) is 24.9 Å². The Hall–Kier alpha value is -4.89. The normalized spacial score (nSPS) is 11.2. The van der Waals surface area contributed by atoms with Crippen molar-refractivity contribution in [1.29, 1.82) is 0 Å². The third-order valence-corrected chi connectivity index (χ3v) is 9.69. The number of aromatic nitrogens is 6. The lowest BCUT2D eigenvalue weighted by molar-refractivity contribution is 0.812. The molecule has 8 aromatic rings. The molecule has 0 amide bonds. The van der Waals surface area contributed by atoms with Crippen LogP contribution in [0.25, 0.3) is 55.5 Å². The van der Waals surface area contributed by atoms with Gasteiger partial charge >= 0.3 is 0 Å². The highest BCUT2D eigenvalue weighted by Gasteiger charge is 2.16. The predicted molar refractivity (Wildman–Crippen MR) is 205 cm³/mol. The van der Waals surface area contributed by atoms with Crippen molar-refractivity contribution < 1.29 is 0 Å². The van der Waals surface area contributed by atoms with E-state index in [2.05, 4.69) is 87.2 Å². The summed E-state index contributed by atoms with van der Waals surface area (Å²) in [7, 11) is 0. The third kappa shape index (κ3) is 6.47. The molecule has 0 spiro atoms. The van der Waals surface area contributed by atoms with Gasteiger partial charge in [-0.05, 0) is 60.4 Å². The van der Waals surface area contributed by atoms with Crippen LogP contribution in [0, 0.1) is 13.8 Å². The maximum atomic E-state index is 6.52. The number of nitrogens with two attached hydrogens (primary N) is 1. The van der Waals surface area contributed by atoms with Gasteiger partial charge in [0.15, 0.2) is 11.5 Å². The summed E-state index contributed by atoms with van der Waals surface area (Å²) >= 11 is 16.4. The second-order valence-electron chi connectivity index (χ2n) is 11.7. The van der Waals surface area contributed by atoms with Crippen molar-refractivity contribution in [3.8, 4) is 22.5 Å². The highest BCUT2D eigenvalue weighted by Crippen LogP contribution is 2.34. The summed E-state index contributed by atoms with van der Waals surface area (Å²) in [5.41, 5.74) is 17.4. The molecule has 0 bridgehead atoms. The van der Waals surface area contributed by atoms with Crippen molar-refractivity contribution in [3.63, 3.8) is 0 Å². The van der Waals surface area contributed by atoms with Gasteiger partial charge < -0.3 is 10.3 Å². The van der Waals surface area contributed by atoms with E-state index in [4.69, 9.17) is 38.9 Å². The van der Waals surface area contributed by atoms with E-state index >= 15 is 0 Å². The summed E-state index contributed by atoms with van der Waals surface area (Å²) in [6.07, 6.45) is 3.18. The van der Waals surface area contributed by atoms with Crippen LogP contribution in [0.15, 0.2) is 110 Å². The van der Waals surface area contributed by atoms with Crippen LogP contribution in [0.2, 0.25) is 10.0 Å². The number of hydrogen-bond acceptors (Lipinski definition) is 6. The SMILES string of the molecule is Cc1cccc2cc(CBr)c(-c3ccccc3Cl)nc12.Cc1cccc2cc(Cn3cnc4c(N)ncnc43)c(-c3ccccc3Cl)nc12. The first kappa shape index (κ1) is 32.6. The number of imidazole rings is 1. The van der Waals surface area contributed by atoms with Crippen LogP contribution in [0.5, 0.6) is 0 Å². The first-order chi connectivity index (χ1) is 23.8. The molecule has 0 aliphatic carbocycles. The largest absolute Gasteiger partial charge is 0.382 e. The fourth-order valence-corrected chi connectivity index (χ4v) is 6.85. The summed E-state index contributed by atoms with van der Waals surface area (Å²) in [5.74, 6) is 0.368. The van der Waals surface area contributed by atoms with Crippen LogP contribution in [-0.2, 0) is 11.9 Å². The predicted octanol–water partition coefficient (Wildman–Crippen LogP) is 10.4. The molecule has 4 aromatic carbocycles. The van der Waals surface area contributed by atoms with Gasteiger partial charge in [0.2, 0.25) is 0 Å². The number of alkyl halides is 1. The fourth-order valence-electron chi connectivity index (χ4n) is 5.97. The number of nitrogen functional groups attached to an aromatic ring is 1. The van der Waals surface area contributed by atoms with E-state index in [1.54, 1.807) is 6.33 Å². The summed E-state index contributed by atoms with van der Waals surface area (Å²) in [6, 6.07) is 32.4. The van der Waals surface area contributed by atoms with Crippen molar-refractivity contribution >= 4 is 77.9 Å². The number of hydrogen-bond donors (Lipinski definition) is 1. The molecule has 7 nitrogen and oxygen atoms in total. The highest BCUT2D eigenvalue weighted by molar-refractivity contribution is 9.08. The minimum atomic E-state index is 0.368. The van der Waals surface area contributed by atoms with Crippen molar-refractivity contribution in [2.45, 2.75) is 25.7 Å². The minimum absolute atomic E-state index is 0.368. The van der Waals surface area contributed by atoms with E-state index in [1.165, 1.54) is 11.9 Å². The lowest BCUT2D eigenvalue weighted by Gasteiger charge is -2.14. The van der Waals surface area contributed by atoms with Crippen LogP contribution in [0.3, 0.4) is 0 Å². The summed E-state index contributed by atoms with van der Waals surface area (Å²) < 4.78 is 1.95. The molecule has 4 aromatic heterocycles. The Kier molecular flexibility index (Phi) is 9.27. The summed E-state index contributed by atoms with van der Waals surface area (Å²) in [6.45, 7) is 4.68. The fraction of sp³-hybridized carbons (Fsp3) is 0.103. The lowest BCUT2D eigenvalue weighted by Crippen LogP contribution is -2.04. The van der Waals surface area contributed by atoms with E-state index in [1.807, 2.05) is 59.2 Å². The Balaban J connectivity index is 0.000000166. The molecule has 0 unspecified atom stereocenters. The van der Waals surface area contributed by atoms with E-state index in [0.717, 1.165) is 71.4 Å². The van der Waals surface area contributed by atoms with Crippen molar-refractivity contribution in [3.05, 3.63) is 142 Å².